The van der Waals surface area contributed by atoms with Crippen LogP contribution >= 0.6 is 0 Å². The minimum atomic E-state index is -1.13. The first-order valence-corrected chi connectivity index (χ1v) is 9.93. The lowest BCUT2D eigenvalue weighted by atomic mass is 10.0. The van der Waals surface area contributed by atoms with Crippen molar-refractivity contribution >= 4 is 22.9 Å². The number of hydrogen-bond acceptors (Lipinski definition) is 3. The van der Waals surface area contributed by atoms with E-state index < -0.39 is 24.6 Å². The maximum Gasteiger partial charge on any atom is 0.305 e. The zero-order chi connectivity index (χ0) is 21.8. The minimum absolute atomic E-state index is 0. The third-order valence-electron chi connectivity index (χ3n) is 5.00. The van der Waals surface area contributed by atoms with E-state index >= 15 is 0 Å². The van der Waals surface area contributed by atoms with Gasteiger partial charge in [0.2, 0.25) is 0 Å². The minimum Gasteiger partial charge on any atom is -0.481 e. The third kappa shape index (κ3) is 5.60. The molecule has 2 aromatic carbocycles. The van der Waals surface area contributed by atoms with Gasteiger partial charge in [-0.05, 0) is 43.7 Å². The fourth-order valence-electron chi connectivity index (χ4n) is 3.77. The van der Waals surface area contributed by atoms with Crippen LogP contribution in [-0.4, -0.2) is 38.1 Å². The first-order chi connectivity index (χ1) is 14.3. The second-order valence-corrected chi connectivity index (χ2v) is 7.66. The number of nitrogens with zero attached hydrogens (tertiary/aromatic N) is 1. The van der Waals surface area contributed by atoms with E-state index in [1.165, 1.54) is 12.1 Å². The van der Waals surface area contributed by atoms with Crippen molar-refractivity contribution < 1.29 is 24.5 Å². The molecule has 6 heteroatoms. The molecule has 0 aliphatic carbocycles. The summed E-state index contributed by atoms with van der Waals surface area (Å²) in [5, 5.41) is 29.9. The Morgan fingerprint density at radius 1 is 1.10 bits per heavy atom. The predicted molar refractivity (Wildman–Crippen MR) is 122 cm³/mol. The third-order valence-corrected chi connectivity index (χ3v) is 5.00. The second-order valence-electron chi connectivity index (χ2n) is 7.66. The Bertz CT molecular complexity index is 1050. The second kappa shape index (κ2) is 10.4. The van der Waals surface area contributed by atoms with Crippen LogP contribution in [0.1, 0.15) is 45.9 Å². The van der Waals surface area contributed by atoms with E-state index in [1.54, 1.807) is 24.3 Å². The van der Waals surface area contributed by atoms with Gasteiger partial charge in [-0.1, -0.05) is 43.8 Å². The molecule has 0 spiro atoms. The Hall–Kier alpha value is -2.96. The Balaban J connectivity index is 0.00000341. The van der Waals surface area contributed by atoms with Crippen LogP contribution in [0.4, 0.5) is 4.39 Å². The zero-order valence-electron chi connectivity index (χ0n) is 17.0. The number of fused-ring (bicyclic) bond motifs is 1. The summed E-state index contributed by atoms with van der Waals surface area (Å²) in [6.45, 7) is 4.12. The van der Waals surface area contributed by atoms with Crippen LogP contribution in [0.15, 0.2) is 54.6 Å². The molecule has 3 N–H and O–H groups in total. The molecule has 2 unspecified atom stereocenters. The van der Waals surface area contributed by atoms with Gasteiger partial charge in [0, 0.05) is 34.6 Å². The summed E-state index contributed by atoms with van der Waals surface area (Å²) in [6.07, 6.45) is 0.727. The summed E-state index contributed by atoms with van der Waals surface area (Å²) >= 11 is 0. The molecule has 0 aliphatic rings. The molecule has 2 atom stereocenters. The summed E-state index contributed by atoms with van der Waals surface area (Å²) in [7, 11) is 0. The first-order valence-electron chi connectivity index (χ1n) is 9.93. The van der Waals surface area contributed by atoms with Crippen LogP contribution in [0.5, 0.6) is 0 Å². The summed E-state index contributed by atoms with van der Waals surface area (Å²) in [5.41, 5.74) is 3.65. The number of carboxylic acids is 1. The fourth-order valence-corrected chi connectivity index (χ4v) is 3.77. The summed E-state index contributed by atoms with van der Waals surface area (Å²) in [4.78, 5) is 10.7. The van der Waals surface area contributed by atoms with Gasteiger partial charge in [-0.25, -0.2) is 4.39 Å². The van der Waals surface area contributed by atoms with Crippen molar-refractivity contribution in [2.24, 2.45) is 0 Å². The quantitative estimate of drug-likeness (QED) is 0.458. The van der Waals surface area contributed by atoms with Gasteiger partial charge in [0.05, 0.1) is 18.6 Å². The molecule has 0 bridgehead atoms. The van der Waals surface area contributed by atoms with Crippen molar-refractivity contribution in [1.29, 1.82) is 0 Å². The van der Waals surface area contributed by atoms with E-state index in [4.69, 9.17) is 5.11 Å². The molecule has 0 saturated carbocycles. The van der Waals surface area contributed by atoms with Crippen LogP contribution in [0.25, 0.3) is 28.1 Å². The summed E-state index contributed by atoms with van der Waals surface area (Å²) < 4.78 is 15.6. The highest BCUT2D eigenvalue weighted by Crippen LogP contribution is 2.38. The number of carbonyl (C=O) groups is 1. The van der Waals surface area contributed by atoms with Crippen LogP contribution in [0.3, 0.4) is 0 Å². The van der Waals surface area contributed by atoms with Crippen molar-refractivity contribution in [3.8, 4) is 11.1 Å². The number of carboxylic acid groups (broad SMARTS) is 1. The standard InChI is InChI=1S/C24H26FNO4.CH4/c1-15(2)26-21-6-4-3-5-20(21)24(16-7-9-17(25)10-8-16)22(26)12-11-18(27)13-19(28)14-23(29)30;/h3-12,15,18-19,27-28H,13-14H2,1-2H3,(H,29,30);1H4. The molecule has 0 radical (unpaired) electrons. The first kappa shape index (κ1) is 24.3. The molecule has 1 heterocycles. The molecular weight excluding hydrogens is 397 g/mol. The highest BCUT2D eigenvalue weighted by atomic mass is 19.1. The molecule has 31 heavy (non-hydrogen) atoms. The van der Waals surface area contributed by atoms with Crippen molar-refractivity contribution in [2.45, 2.75) is 52.4 Å². The van der Waals surface area contributed by atoms with Crippen LogP contribution in [0, 0.1) is 5.82 Å². The van der Waals surface area contributed by atoms with Gasteiger partial charge in [-0.3, -0.25) is 4.79 Å². The number of aliphatic carboxylic acids is 1. The predicted octanol–water partition coefficient (Wildman–Crippen LogP) is 5.26. The fraction of sp³-hybridized carbons (Fsp3) is 0.320. The van der Waals surface area contributed by atoms with E-state index in [1.807, 2.05) is 24.3 Å². The number of aliphatic hydroxyl groups is 2. The Morgan fingerprint density at radius 2 is 1.74 bits per heavy atom. The topological polar surface area (TPSA) is 82.7 Å². The van der Waals surface area contributed by atoms with E-state index in [0.29, 0.717) is 0 Å². The summed E-state index contributed by atoms with van der Waals surface area (Å²) in [5.74, 6) is -1.43. The SMILES string of the molecule is C.CC(C)n1c(C=CC(O)CC(O)CC(=O)O)c(-c2ccc(F)cc2)c2ccccc21. The molecular formula is C25H30FNO4. The average Bonchev–Trinajstić information content (AvgIpc) is 3.00. The Labute approximate surface area is 182 Å². The van der Waals surface area contributed by atoms with Gasteiger partial charge >= 0.3 is 5.97 Å². The van der Waals surface area contributed by atoms with Crippen molar-refractivity contribution in [3.63, 3.8) is 0 Å². The number of hydrogen-bond donors (Lipinski definition) is 3. The van der Waals surface area contributed by atoms with E-state index in [0.717, 1.165) is 27.7 Å². The van der Waals surface area contributed by atoms with Gasteiger partial charge in [-0.15, -0.1) is 0 Å². The van der Waals surface area contributed by atoms with Gasteiger partial charge < -0.3 is 19.9 Å². The maximum absolute atomic E-state index is 13.5. The smallest absolute Gasteiger partial charge is 0.305 e. The molecule has 5 nitrogen and oxygen atoms in total. The van der Waals surface area contributed by atoms with Crippen LogP contribution in [-0.2, 0) is 4.79 Å². The maximum atomic E-state index is 13.5. The highest BCUT2D eigenvalue weighted by Gasteiger charge is 2.19. The number of benzene rings is 2. The van der Waals surface area contributed by atoms with Crippen LogP contribution in [0.2, 0.25) is 0 Å². The van der Waals surface area contributed by atoms with Crippen LogP contribution < -0.4 is 0 Å². The summed E-state index contributed by atoms with van der Waals surface area (Å²) in [6, 6.07) is 14.4. The lowest BCUT2D eigenvalue weighted by Gasteiger charge is -2.15. The lowest BCUT2D eigenvalue weighted by Crippen LogP contribution is -2.19. The number of rotatable bonds is 8. The number of aliphatic hydroxyl groups excluding tert-OH is 2. The van der Waals surface area contributed by atoms with Gasteiger partial charge in [0.15, 0.2) is 0 Å². The van der Waals surface area contributed by atoms with E-state index in [-0.39, 0.29) is 25.7 Å². The average molecular weight is 428 g/mol. The van der Waals surface area contributed by atoms with E-state index in [2.05, 4.69) is 18.4 Å². The molecule has 166 valence electrons. The molecule has 0 aliphatic heterocycles. The molecule has 0 amide bonds. The zero-order valence-corrected chi connectivity index (χ0v) is 17.0. The molecule has 3 aromatic rings. The molecule has 1 aromatic heterocycles. The van der Waals surface area contributed by atoms with Crippen molar-refractivity contribution in [3.05, 3.63) is 66.1 Å². The molecule has 0 saturated heterocycles. The number of halogens is 1. The van der Waals surface area contributed by atoms with E-state index in [9.17, 15) is 19.4 Å². The van der Waals surface area contributed by atoms with Gasteiger partial charge in [0.1, 0.15) is 5.82 Å². The number of aromatic nitrogens is 1. The van der Waals surface area contributed by atoms with Gasteiger partial charge in [0.25, 0.3) is 0 Å². The lowest BCUT2D eigenvalue weighted by molar-refractivity contribution is -0.139. The highest BCUT2D eigenvalue weighted by molar-refractivity contribution is 6.01. The van der Waals surface area contributed by atoms with Crippen molar-refractivity contribution in [2.75, 3.05) is 0 Å². The largest absolute Gasteiger partial charge is 0.481 e. The normalized spacial score (nSPS) is 13.5. The molecule has 0 fully saturated rings. The number of para-hydroxylation sites is 1. The van der Waals surface area contributed by atoms with Crippen molar-refractivity contribution in [1.82, 2.24) is 4.57 Å². The Kier molecular flexibility index (Phi) is 8.14. The monoisotopic (exact) mass is 427 g/mol. The molecule has 3 rings (SSSR count). The van der Waals surface area contributed by atoms with Gasteiger partial charge in [-0.2, -0.15) is 0 Å². The Morgan fingerprint density at radius 3 is 2.35 bits per heavy atom.